The normalized spacial score (nSPS) is 10.9. The largest absolute Gasteiger partial charge is 0.397 e. The van der Waals surface area contributed by atoms with Crippen molar-refractivity contribution in [1.82, 2.24) is 9.55 Å². The maximum absolute atomic E-state index is 6.06. The molecule has 2 aromatic carbocycles. The molecule has 0 unspecified atom stereocenters. The van der Waals surface area contributed by atoms with Gasteiger partial charge in [-0.05, 0) is 36.8 Å². The second-order valence-corrected chi connectivity index (χ2v) is 4.17. The summed E-state index contributed by atoms with van der Waals surface area (Å²) in [5, 5.41) is 0. The van der Waals surface area contributed by atoms with Crippen LogP contribution in [-0.4, -0.2) is 9.55 Å². The van der Waals surface area contributed by atoms with Crippen molar-refractivity contribution in [2.24, 2.45) is 0 Å². The van der Waals surface area contributed by atoms with Crippen molar-refractivity contribution < 1.29 is 0 Å². The first-order valence-corrected chi connectivity index (χ1v) is 5.54. The Balaban J connectivity index is 2.27. The van der Waals surface area contributed by atoms with Crippen LogP contribution in [0.25, 0.3) is 16.7 Å². The molecule has 0 atom stereocenters. The fourth-order valence-corrected chi connectivity index (χ4v) is 2.04. The maximum atomic E-state index is 6.06. The first-order valence-electron chi connectivity index (χ1n) is 5.54. The van der Waals surface area contributed by atoms with Gasteiger partial charge in [-0.2, -0.15) is 0 Å². The van der Waals surface area contributed by atoms with E-state index in [4.69, 9.17) is 5.73 Å². The second kappa shape index (κ2) is 3.63. The Bertz CT molecular complexity index is 683. The molecule has 0 bridgehead atoms. The number of rotatable bonds is 1. The lowest BCUT2D eigenvalue weighted by atomic mass is 10.2. The van der Waals surface area contributed by atoms with Crippen molar-refractivity contribution >= 4 is 16.7 Å². The molecule has 0 saturated carbocycles. The smallest absolute Gasteiger partial charge is 0.100 e. The predicted octanol–water partition coefficient (Wildman–Crippen LogP) is 2.92. The molecule has 0 radical (unpaired) electrons. The number of benzene rings is 2. The Morgan fingerprint density at radius 2 is 1.94 bits per heavy atom. The lowest BCUT2D eigenvalue weighted by Gasteiger charge is -2.08. The van der Waals surface area contributed by atoms with Gasteiger partial charge in [0.25, 0.3) is 0 Å². The van der Waals surface area contributed by atoms with Crippen LogP contribution < -0.4 is 5.73 Å². The highest BCUT2D eigenvalue weighted by Crippen LogP contribution is 2.23. The number of aromatic nitrogens is 2. The van der Waals surface area contributed by atoms with E-state index in [1.807, 2.05) is 54.2 Å². The van der Waals surface area contributed by atoms with Crippen LogP contribution in [0.2, 0.25) is 0 Å². The Labute approximate surface area is 99.5 Å². The van der Waals surface area contributed by atoms with Crippen LogP contribution in [0, 0.1) is 6.92 Å². The Morgan fingerprint density at radius 1 is 1.12 bits per heavy atom. The van der Waals surface area contributed by atoms with E-state index in [1.165, 1.54) is 0 Å². The fraction of sp³-hybridized carbons (Fsp3) is 0.0714. The van der Waals surface area contributed by atoms with Crippen molar-refractivity contribution in [3.8, 4) is 5.69 Å². The summed E-state index contributed by atoms with van der Waals surface area (Å²) in [6.45, 7) is 2.03. The van der Waals surface area contributed by atoms with Crippen molar-refractivity contribution in [1.29, 1.82) is 0 Å². The van der Waals surface area contributed by atoms with Crippen molar-refractivity contribution in [2.45, 2.75) is 6.92 Å². The summed E-state index contributed by atoms with van der Waals surface area (Å²) in [5.74, 6) is 0. The van der Waals surface area contributed by atoms with E-state index in [0.717, 1.165) is 28.0 Å². The van der Waals surface area contributed by atoms with E-state index in [1.54, 1.807) is 0 Å². The molecule has 1 heterocycles. The van der Waals surface area contributed by atoms with Crippen LogP contribution in [0.15, 0.2) is 48.8 Å². The van der Waals surface area contributed by atoms with Gasteiger partial charge in [0, 0.05) is 0 Å². The third kappa shape index (κ3) is 1.56. The fourth-order valence-electron chi connectivity index (χ4n) is 2.04. The van der Waals surface area contributed by atoms with E-state index in [2.05, 4.69) is 11.1 Å². The molecular weight excluding hydrogens is 210 g/mol. The number of aryl methyl sites for hydroxylation is 1. The third-order valence-electron chi connectivity index (χ3n) is 2.90. The molecule has 3 heteroatoms. The van der Waals surface area contributed by atoms with Crippen LogP contribution in [0.3, 0.4) is 0 Å². The average molecular weight is 223 g/mol. The van der Waals surface area contributed by atoms with Gasteiger partial charge in [0.05, 0.1) is 22.4 Å². The minimum Gasteiger partial charge on any atom is -0.397 e. The lowest BCUT2D eigenvalue weighted by molar-refractivity contribution is 1.09. The van der Waals surface area contributed by atoms with Gasteiger partial charge < -0.3 is 5.73 Å². The average Bonchev–Trinajstić information content (AvgIpc) is 2.73. The first kappa shape index (κ1) is 9.90. The van der Waals surface area contributed by atoms with Crippen LogP contribution in [0.1, 0.15) is 5.56 Å². The van der Waals surface area contributed by atoms with Gasteiger partial charge in [0.1, 0.15) is 6.33 Å². The highest BCUT2D eigenvalue weighted by atomic mass is 15.1. The monoisotopic (exact) mass is 223 g/mol. The summed E-state index contributed by atoms with van der Waals surface area (Å²) >= 11 is 0. The molecule has 0 aliphatic heterocycles. The van der Waals surface area contributed by atoms with E-state index < -0.39 is 0 Å². The third-order valence-corrected chi connectivity index (χ3v) is 2.90. The molecule has 0 aliphatic carbocycles. The molecular formula is C14H13N3. The molecule has 1 aromatic heterocycles. The number of nitrogens with zero attached hydrogens (tertiary/aromatic N) is 2. The van der Waals surface area contributed by atoms with Crippen LogP contribution in [0.4, 0.5) is 5.69 Å². The molecule has 3 aromatic rings. The maximum Gasteiger partial charge on any atom is 0.100 e. The lowest BCUT2D eigenvalue weighted by Crippen LogP contribution is -1.98. The Kier molecular flexibility index (Phi) is 2.11. The van der Waals surface area contributed by atoms with Gasteiger partial charge >= 0.3 is 0 Å². The van der Waals surface area contributed by atoms with Crippen LogP contribution >= 0.6 is 0 Å². The Morgan fingerprint density at radius 3 is 2.76 bits per heavy atom. The molecule has 0 amide bonds. The van der Waals surface area contributed by atoms with Crippen LogP contribution in [-0.2, 0) is 0 Å². The highest BCUT2D eigenvalue weighted by Gasteiger charge is 2.06. The number of imidazole rings is 1. The zero-order valence-corrected chi connectivity index (χ0v) is 9.59. The number of nitrogens with two attached hydrogens (primary N) is 1. The summed E-state index contributed by atoms with van der Waals surface area (Å²) < 4.78 is 2.02. The standard InChI is InChI=1S/C14H13N3/c1-10-6-7-13(11(15)8-10)17-9-16-12-4-2-3-5-14(12)17/h2-9H,15H2,1H3. The van der Waals surface area contributed by atoms with Gasteiger partial charge in [0.2, 0.25) is 0 Å². The molecule has 0 spiro atoms. The van der Waals surface area contributed by atoms with E-state index in [-0.39, 0.29) is 0 Å². The molecule has 2 N–H and O–H groups in total. The number of anilines is 1. The topological polar surface area (TPSA) is 43.8 Å². The van der Waals surface area contributed by atoms with Gasteiger partial charge in [-0.25, -0.2) is 4.98 Å². The Hall–Kier alpha value is -2.29. The summed E-state index contributed by atoms with van der Waals surface area (Å²) in [4.78, 5) is 4.37. The minimum absolute atomic E-state index is 0.771. The van der Waals surface area contributed by atoms with E-state index in [9.17, 15) is 0 Å². The molecule has 84 valence electrons. The van der Waals surface area contributed by atoms with Crippen molar-refractivity contribution in [3.63, 3.8) is 0 Å². The zero-order chi connectivity index (χ0) is 11.8. The zero-order valence-electron chi connectivity index (χ0n) is 9.59. The number of hydrogen-bond acceptors (Lipinski definition) is 2. The number of para-hydroxylation sites is 2. The van der Waals surface area contributed by atoms with E-state index >= 15 is 0 Å². The van der Waals surface area contributed by atoms with Gasteiger partial charge in [-0.15, -0.1) is 0 Å². The molecule has 0 saturated heterocycles. The second-order valence-electron chi connectivity index (χ2n) is 4.17. The van der Waals surface area contributed by atoms with Gasteiger partial charge in [-0.3, -0.25) is 4.57 Å². The number of hydrogen-bond donors (Lipinski definition) is 1. The van der Waals surface area contributed by atoms with Crippen LogP contribution in [0.5, 0.6) is 0 Å². The minimum atomic E-state index is 0.771. The summed E-state index contributed by atoms with van der Waals surface area (Å²) in [7, 11) is 0. The first-order chi connectivity index (χ1) is 8.25. The number of nitrogen functional groups attached to an aromatic ring is 1. The van der Waals surface area contributed by atoms with Crippen molar-refractivity contribution in [2.75, 3.05) is 5.73 Å². The highest BCUT2D eigenvalue weighted by molar-refractivity contribution is 5.79. The quantitative estimate of drug-likeness (QED) is 0.644. The molecule has 17 heavy (non-hydrogen) atoms. The summed E-state index contributed by atoms with van der Waals surface area (Å²) in [5.41, 5.74) is 11.0. The predicted molar refractivity (Wildman–Crippen MR) is 70.2 cm³/mol. The molecule has 0 aliphatic rings. The van der Waals surface area contributed by atoms with Crippen molar-refractivity contribution in [3.05, 3.63) is 54.4 Å². The number of fused-ring (bicyclic) bond motifs is 1. The molecule has 3 rings (SSSR count). The SMILES string of the molecule is Cc1ccc(-n2cnc3ccccc32)c(N)c1. The summed E-state index contributed by atoms with van der Waals surface area (Å²) in [6.07, 6.45) is 1.81. The molecule has 0 fully saturated rings. The van der Waals surface area contributed by atoms with Gasteiger partial charge in [-0.1, -0.05) is 18.2 Å². The van der Waals surface area contributed by atoms with E-state index in [0.29, 0.717) is 0 Å². The molecule has 3 nitrogen and oxygen atoms in total. The van der Waals surface area contributed by atoms with Gasteiger partial charge in [0.15, 0.2) is 0 Å². The summed E-state index contributed by atoms with van der Waals surface area (Å²) in [6, 6.07) is 14.1.